The van der Waals surface area contributed by atoms with Gasteiger partial charge in [0.05, 0.1) is 16.9 Å². The summed E-state index contributed by atoms with van der Waals surface area (Å²) >= 11 is 2.03. The van der Waals surface area contributed by atoms with E-state index in [2.05, 4.69) is 207 Å². The Bertz CT molecular complexity index is 2960. The molecule has 7 aromatic rings. The van der Waals surface area contributed by atoms with Crippen molar-refractivity contribution in [1.82, 2.24) is 0 Å². The number of thiophene rings is 1. The fourth-order valence-electron chi connectivity index (χ4n) is 11.8. The number of benzene rings is 6. The van der Waals surface area contributed by atoms with E-state index in [-0.39, 0.29) is 33.9 Å². The molecular weight excluding hydrogens is 768 g/mol. The Morgan fingerprint density at radius 1 is 0.548 bits per heavy atom. The van der Waals surface area contributed by atoms with Crippen LogP contribution >= 0.6 is 11.3 Å². The summed E-state index contributed by atoms with van der Waals surface area (Å²) in [6, 6.07) is 47.5. The molecule has 0 radical (unpaired) electrons. The minimum Gasteiger partial charge on any atom is -0.335 e. The highest BCUT2D eigenvalue weighted by molar-refractivity contribution is 7.33. The maximum Gasteiger partial charge on any atom is 0.264 e. The molecule has 0 bridgehead atoms. The van der Waals surface area contributed by atoms with E-state index in [1.807, 2.05) is 11.3 Å². The highest BCUT2D eigenvalue weighted by Gasteiger charge is 2.62. The molecule has 0 N–H and O–H groups in total. The molecule has 3 aliphatic heterocycles. The molecule has 6 aromatic carbocycles. The number of anilines is 5. The number of hydrogen-bond acceptors (Lipinski definition) is 3. The third kappa shape index (κ3) is 5.60. The van der Waals surface area contributed by atoms with Gasteiger partial charge in [0.1, 0.15) is 0 Å². The van der Waals surface area contributed by atoms with Crippen LogP contribution in [-0.4, -0.2) is 12.3 Å². The molecule has 2 atom stereocenters. The van der Waals surface area contributed by atoms with Gasteiger partial charge in [0.25, 0.3) is 6.71 Å². The van der Waals surface area contributed by atoms with Crippen molar-refractivity contribution in [2.45, 2.75) is 129 Å². The molecule has 4 aliphatic rings. The quantitative estimate of drug-likeness (QED) is 0.164. The Morgan fingerprint density at radius 2 is 1.16 bits per heavy atom. The first-order chi connectivity index (χ1) is 29.4. The summed E-state index contributed by atoms with van der Waals surface area (Å²) in [4.78, 5) is 5.63. The highest BCUT2D eigenvalue weighted by Crippen LogP contribution is 2.63. The number of fused-ring (bicyclic) bond motifs is 9. The number of hydrogen-bond donors (Lipinski definition) is 0. The normalized spacial score (nSPS) is 20.3. The van der Waals surface area contributed by atoms with Gasteiger partial charge in [-0.25, -0.2) is 0 Å². The molecule has 0 amide bonds. The van der Waals surface area contributed by atoms with Gasteiger partial charge in [-0.15, -0.1) is 11.3 Å². The number of nitrogens with zero attached hydrogens (tertiary/aromatic N) is 2. The largest absolute Gasteiger partial charge is 0.335 e. The van der Waals surface area contributed by atoms with Crippen molar-refractivity contribution in [3.63, 3.8) is 0 Å². The van der Waals surface area contributed by atoms with Crippen LogP contribution in [0.2, 0.25) is 0 Å². The van der Waals surface area contributed by atoms with Crippen molar-refractivity contribution >= 4 is 72.3 Å². The molecule has 2 unspecified atom stereocenters. The fourth-order valence-corrected chi connectivity index (χ4v) is 13.1. The molecule has 0 saturated heterocycles. The lowest BCUT2D eigenvalue weighted by molar-refractivity contribution is 0.195. The number of rotatable bonds is 3. The zero-order valence-electron chi connectivity index (χ0n) is 38.8. The summed E-state index contributed by atoms with van der Waals surface area (Å²) in [6.45, 7) is 26.7. The zero-order chi connectivity index (χ0) is 43.3. The molecular formula is C58H61BN2S. The molecule has 11 rings (SSSR count). The van der Waals surface area contributed by atoms with Crippen LogP contribution in [0.5, 0.6) is 0 Å². The van der Waals surface area contributed by atoms with Gasteiger partial charge in [0.15, 0.2) is 0 Å². The second kappa shape index (κ2) is 13.2. The summed E-state index contributed by atoms with van der Waals surface area (Å²) in [5, 5.41) is 1.35. The Morgan fingerprint density at radius 3 is 1.84 bits per heavy atom. The summed E-state index contributed by atoms with van der Waals surface area (Å²) in [5.74, 6) is 0. The first-order valence-corrected chi connectivity index (χ1v) is 24.0. The fraction of sp³-hybridized carbons (Fsp3) is 0.345. The van der Waals surface area contributed by atoms with Crippen LogP contribution < -0.4 is 25.5 Å². The van der Waals surface area contributed by atoms with Gasteiger partial charge in [-0.1, -0.05) is 167 Å². The summed E-state index contributed by atoms with van der Waals surface area (Å²) in [5.41, 5.74) is 20.5. The van der Waals surface area contributed by atoms with Crippen LogP contribution in [0.15, 0.2) is 121 Å². The molecule has 0 spiro atoms. The van der Waals surface area contributed by atoms with Gasteiger partial charge >= 0.3 is 0 Å². The molecule has 1 fully saturated rings. The van der Waals surface area contributed by atoms with E-state index in [1.54, 1.807) is 5.56 Å². The standard InChI is InChI=1S/C58H61BN2S/c1-54(2,3)39-24-26-46(42(32-39)37-22-16-13-17-23-37)60-47-30-38(36-20-14-12-15-21-36)31-48-50(47)59(53-51(60)43-33-40(55(4,5)6)25-27-49(43)62-53)45-35-41(56(7,8)9)34-44-52(45)61(48)58(11)29-19-18-28-57(44,58)10/h12-17,20-27,30-35H,18-19,28-29H2,1-11H3. The topological polar surface area (TPSA) is 6.48 Å². The minimum atomic E-state index is -0.0661. The van der Waals surface area contributed by atoms with Gasteiger partial charge in [-0.2, -0.15) is 0 Å². The van der Waals surface area contributed by atoms with Gasteiger partial charge in [-0.3, -0.25) is 0 Å². The summed E-state index contributed by atoms with van der Waals surface area (Å²) in [7, 11) is 0. The molecule has 312 valence electrons. The molecule has 4 heterocycles. The Balaban J connectivity index is 1.33. The van der Waals surface area contributed by atoms with Crippen LogP contribution in [0.3, 0.4) is 0 Å². The first-order valence-electron chi connectivity index (χ1n) is 23.2. The van der Waals surface area contributed by atoms with Crippen molar-refractivity contribution in [2.24, 2.45) is 0 Å². The second-order valence-corrected chi connectivity index (χ2v) is 23.6. The second-order valence-electron chi connectivity index (χ2n) is 22.5. The Hall–Kier alpha value is -5.06. The maximum absolute atomic E-state index is 2.90. The van der Waals surface area contributed by atoms with Crippen LogP contribution in [0, 0.1) is 0 Å². The van der Waals surface area contributed by atoms with Gasteiger partial charge in [-0.05, 0) is 122 Å². The van der Waals surface area contributed by atoms with Crippen molar-refractivity contribution in [2.75, 3.05) is 9.80 Å². The van der Waals surface area contributed by atoms with Crippen LogP contribution in [0.4, 0.5) is 28.4 Å². The Labute approximate surface area is 375 Å². The predicted molar refractivity (Wildman–Crippen MR) is 271 cm³/mol. The SMILES string of the molecule is CC(C)(C)c1ccc(N2c3cc(-c4ccccc4)cc4c3B(c3cc(C(C)(C)C)cc5c3N4C3(C)CCCCC53C)c3sc4ccc(C(C)(C)C)cc4c32)c(-c2ccccc2)c1. The highest BCUT2D eigenvalue weighted by atomic mass is 32.1. The lowest BCUT2D eigenvalue weighted by atomic mass is 9.36. The third-order valence-electron chi connectivity index (χ3n) is 15.6. The predicted octanol–water partition coefficient (Wildman–Crippen LogP) is 14.5. The van der Waals surface area contributed by atoms with E-state index in [0.29, 0.717) is 0 Å². The van der Waals surface area contributed by atoms with E-state index in [1.165, 1.54) is 119 Å². The van der Waals surface area contributed by atoms with Crippen LogP contribution in [0.1, 0.15) is 124 Å². The summed E-state index contributed by atoms with van der Waals surface area (Å²) in [6.07, 6.45) is 4.92. The van der Waals surface area contributed by atoms with E-state index >= 15 is 0 Å². The lowest BCUT2D eigenvalue weighted by Crippen LogP contribution is -2.64. The van der Waals surface area contributed by atoms with E-state index in [4.69, 9.17) is 0 Å². The molecule has 1 saturated carbocycles. The van der Waals surface area contributed by atoms with Gasteiger partial charge in [0.2, 0.25) is 0 Å². The molecule has 2 nitrogen and oxygen atoms in total. The zero-order valence-corrected chi connectivity index (χ0v) is 39.6. The van der Waals surface area contributed by atoms with E-state index in [0.717, 1.165) is 0 Å². The maximum atomic E-state index is 2.90. The summed E-state index contributed by atoms with van der Waals surface area (Å²) < 4.78 is 2.82. The third-order valence-corrected chi connectivity index (χ3v) is 16.9. The smallest absolute Gasteiger partial charge is 0.264 e. The first kappa shape index (κ1) is 39.8. The molecule has 1 aromatic heterocycles. The van der Waals surface area contributed by atoms with E-state index in [9.17, 15) is 0 Å². The van der Waals surface area contributed by atoms with Crippen LogP contribution in [-0.2, 0) is 21.7 Å². The van der Waals surface area contributed by atoms with Crippen molar-refractivity contribution in [3.8, 4) is 22.3 Å². The average molecular weight is 829 g/mol. The van der Waals surface area contributed by atoms with Crippen molar-refractivity contribution in [1.29, 1.82) is 0 Å². The molecule has 4 heteroatoms. The van der Waals surface area contributed by atoms with Gasteiger partial charge in [0, 0.05) is 42.9 Å². The molecule has 62 heavy (non-hydrogen) atoms. The monoisotopic (exact) mass is 828 g/mol. The lowest BCUT2D eigenvalue weighted by Gasteiger charge is -2.52. The molecule has 1 aliphatic carbocycles. The van der Waals surface area contributed by atoms with E-state index < -0.39 is 0 Å². The van der Waals surface area contributed by atoms with Crippen LogP contribution in [0.25, 0.3) is 32.3 Å². The Kier molecular flexibility index (Phi) is 8.49. The minimum absolute atomic E-state index is 0.00530. The van der Waals surface area contributed by atoms with Crippen molar-refractivity contribution < 1.29 is 0 Å². The van der Waals surface area contributed by atoms with Gasteiger partial charge < -0.3 is 9.80 Å². The average Bonchev–Trinajstić information content (AvgIpc) is 3.72. The van der Waals surface area contributed by atoms with Crippen molar-refractivity contribution in [3.05, 3.63) is 144 Å².